The van der Waals surface area contributed by atoms with Gasteiger partial charge in [0.15, 0.2) is 0 Å². The molecule has 0 spiro atoms. The molecule has 1 heterocycles. The summed E-state index contributed by atoms with van der Waals surface area (Å²) in [6, 6.07) is 4.90. The van der Waals surface area contributed by atoms with Crippen LogP contribution < -0.4 is 4.74 Å². The summed E-state index contributed by atoms with van der Waals surface area (Å²) in [6.07, 6.45) is 1.65. The van der Waals surface area contributed by atoms with Crippen LogP contribution in [0.5, 0.6) is 5.75 Å². The Kier molecular flexibility index (Phi) is 3.41. The van der Waals surface area contributed by atoms with Crippen molar-refractivity contribution in [1.29, 1.82) is 0 Å². The van der Waals surface area contributed by atoms with Crippen molar-refractivity contribution in [2.45, 2.75) is 20.3 Å². The van der Waals surface area contributed by atoms with Gasteiger partial charge in [0.25, 0.3) is 0 Å². The molecule has 0 saturated carbocycles. The Balaban J connectivity index is 2.75. The molecule has 6 heteroatoms. The second-order valence-corrected chi connectivity index (χ2v) is 4.03. The average molecular weight is 260 g/mol. The van der Waals surface area contributed by atoms with Gasteiger partial charge in [0.2, 0.25) is 5.75 Å². The summed E-state index contributed by atoms with van der Waals surface area (Å²) in [6.45, 7) is 3.38. The fourth-order valence-electron chi connectivity index (χ4n) is 1.80. The predicted octanol–water partition coefficient (Wildman–Crippen LogP) is 2.77. The summed E-state index contributed by atoms with van der Waals surface area (Å²) >= 11 is 0. The van der Waals surface area contributed by atoms with E-state index in [9.17, 15) is 14.9 Å². The third kappa shape index (κ3) is 2.37. The Labute approximate surface area is 109 Å². The number of nitro benzene ring substituents is 1. The van der Waals surface area contributed by atoms with Gasteiger partial charge in [-0.1, -0.05) is 13.0 Å². The third-order valence-corrected chi connectivity index (χ3v) is 2.73. The largest absolute Gasteiger partial charge is 0.417 e. The number of pyridine rings is 1. The normalized spacial score (nSPS) is 10.4. The number of nitro groups is 1. The lowest BCUT2D eigenvalue weighted by Crippen LogP contribution is -2.08. The minimum atomic E-state index is -0.570. The van der Waals surface area contributed by atoms with Crippen LogP contribution in [0.1, 0.15) is 18.9 Å². The molecule has 0 radical (unpaired) electrons. The van der Waals surface area contributed by atoms with Crippen molar-refractivity contribution in [3.8, 4) is 5.75 Å². The van der Waals surface area contributed by atoms with Gasteiger partial charge < -0.3 is 4.74 Å². The first-order valence-corrected chi connectivity index (χ1v) is 5.78. The molecule has 19 heavy (non-hydrogen) atoms. The van der Waals surface area contributed by atoms with E-state index in [-0.39, 0.29) is 17.9 Å². The van der Waals surface area contributed by atoms with Gasteiger partial charge in [-0.25, -0.2) is 0 Å². The molecule has 2 aromatic rings. The summed E-state index contributed by atoms with van der Waals surface area (Å²) in [7, 11) is 0. The van der Waals surface area contributed by atoms with Gasteiger partial charge in [0.05, 0.1) is 4.92 Å². The standard InChI is InChI=1S/C13H12N2O4/c1-3-11(16)19-13-10(15(17)18)7-8(2)9-5-4-6-14-12(9)13/h4-7H,3H2,1-2H3. The number of rotatable bonds is 3. The summed E-state index contributed by atoms with van der Waals surface area (Å²) in [5.74, 6) is -0.614. The number of aromatic nitrogens is 1. The zero-order chi connectivity index (χ0) is 14.0. The molecule has 0 saturated heterocycles. The van der Waals surface area contributed by atoms with E-state index in [4.69, 9.17) is 4.74 Å². The van der Waals surface area contributed by atoms with Gasteiger partial charge in [-0.2, -0.15) is 0 Å². The quantitative estimate of drug-likeness (QED) is 0.367. The number of hydrogen-bond acceptors (Lipinski definition) is 5. The van der Waals surface area contributed by atoms with E-state index in [1.807, 2.05) is 0 Å². The van der Waals surface area contributed by atoms with E-state index in [1.54, 1.807) is 26.0 Å². The van der Waals surface area contributed by atoms with Gasteiger partial charge in [0, 0.05) is 24.1 Å². The molecule has 6 nitrogen and oxygen atoms in total. The predicted molar refractivity (Wildman–Crippen MR) is 69.1 cm³/mol. The second-order valence-electron chi connectivity index (χ2n) is 4.03. The number of esters is 1. The van der Waals surface area contributed by atoms with Gasteiger partial charge in [-0.3, -0.25) is 19.9 Å². The van der Waals surface area contributed by atoms with Crippen LogP contribution in [-0.4, -0.2) is 15.9 Å². The molecular formula is C13H12N2O4. The zero-order valence-corrected chi connectivity index (χ0v) is 10.5. The van der Waals surface area contributed by atoms with Crippen molar-refractivity contribution in [1.82, 2.24) is 4.98 Å². The van der Waals surface area contributed by atoms with Crippen LogP contribution in [0.15, 0.2) is 24.4 Å². The molecule has 0 N–H and O–H groups in total. The van der Waals surface area contributed by atoms with Crippen LogP contribution in [-0.2, 0) is 4.79 Å². The topological polar surface area (TPSA) is 82.3 Å². The highest BCUT2D eigenvalue weighted by Crippen LogP contribution is 2.36. The van der Waals surface area contributed by atoms with Gasteiger partial charge in [-0.15, -0.1) is 0 Å². The molecule has 0 atom stereocenters. The molecule has 0 bridgehead atoms. The number of nitrogens with zero attached hydrogens (tertiary/aromatic N) is 2. The highest BCUT2D eigenvalue weighted by Gasteiger charge is 2.23. The molecule has 0 amide bonds. The first-order valence-electron chi connectivity index (χ1n) is 5.78. The van der Waals surface area contributed by atoms with E-state index >= 15 is 0 Å². The Morgan fingerprint density at radius 2 is 2.26 bits per heavy atom. The average Bonchev–Trinajstić information content (AvgIpc) is 2.41. The van der Waals surface area contributed by atoms with Crippen LogP contribution in [0.3, 0.4) is 0 Å². The van der Waals surface area contributed by atoms with Crippen molar-refractivity contribution in [2.24, 2.45) is 0 Å². The summed E-state index contributed by atoms with van der Waals surface area (Å²) in [5.41, 5.74) is 0.799. The zero-order valence-electron chi connectivity index (χ0n) is 10.5. The summed E-state index contributed by atoms with van der Waals surface area (Å²) in [5, 5.41) is 11.8. The molecule has 1 aromatic heterocycles. The molecule has 0 fully saturated rings. The smallest absolute Gasteiger partial charge is 0.314 e. The maximum absolute atomic E-state index is 11.4. The van der Waals surface area contributed by atoms with E-state index in [0.717, 1.165) is 5.39 Å². The fourth-order valence-corrected chi connectivity index (χ4v) is 1.80. The molecule has 0 aliphatic heterocycles. The number of benzene rings is 1. The highest BCUT2D eigenvalue weighted by molar-refractivity contribution is 5.93. The minimum absolute atomic E-state index is 0.0851. The molecule has 98 valence electrons. The third-order valence-electron chi connectivity index (χ3n) is 2.73. The van der Waals surface area contributed by atoms with Crippen LogP contribution in [0.25, 0.3) is 10.9 Å². The van der Waals surface area contributed by atoms with Crippen LogP contribution in [0.4, 0.5) is 5.69 Å². The Morgan fingerprint density at radius 3 is 2.89 bits per heavy atom. The number of ether oxygens (including phenoxy) is 1. The summed E-state index contributed by atoms with van der Waals surface area (Å²) in [4.78, 5) is 26.0. The SMILES string of the molecule is CCC(=O)Oc1c([N+](=O)[O-])cc(C)c2cccnc12. The Hall–Kier alpha value is -2.50. The van der Waals surface area contributed by atoms with E-state index in [2.05, 4.69) is 4.98 Å². The summed E-state index contributed by atoms with van der Waals surface area (Å²) < 4.78 is 5.08. The molecule has 0 unspecified atom stereocenters. The van der Waals surface area contributed by atoms with Crippen molar-refractivity contribution in [3.05, 3.63) is 40.1 Å². The van der Waals surface area contributed by atoms with Crippen LogP contribution in [0.2, 0.25) is 0 Å². The van der Waals surface area contributed by atoms with Crippen molar-refractivity contribution < 1.29 is 14.5 Å². The lowest BCUT2D eigenvalue weighted by molar-refractivity contribution is -0.385. The lowest BCUT2D eigenvalue weighted by Gasteiger charge is -2.08. The number of aryl methyl sites for hydroxylation is 1. The molecule has 0 aliphatic carbocycles. The number of fused-ring (bicyclic) bond motifs is 1. The van der Waals surface area contributed by atoms with E-state index in [1.165, 1.54) is 12.3 Å². The first kappa shape index (κ1) is 12.9. The number of carbonyl (C=O) groups is 1. The van der Waals surface area contributed by atoms with E-state index in [0.29, 0.717) is 11.1 Å². The Bertz CT molecular complexity index is 667. The first-order chi connectivity index (χ1) is 9.04. The van der Waals surface area contributed by atoms with Crippen LogP contribution >= 0.6 is 0 Å². The molecule has 2 rings (SSSR count). The maximum Gasteiger partial charge on any atom is 0.314 e. The maximum atomic E-state index is 11.4. The van der Waals surface area contributed by atoms with Crippen molar-refractivity contribution in [3.63, 3.8) is 0 Å². The van der Waals surface area contributed by atoms with Crippen molar-refractivity contribution in [2.75, 3.05) is 0 Å². The number of carbonyl (C=O) groups excluding carboxylic acids is 1. The van der Waals surface area contributed by atoms with Gasteiger partial charge in [0.1, 0.15) is 5.52 Å². The highest BCUT2D eigenvalue weighted by atomic mass is 16.6. The number of hydrogen-bond donors (Lipinski definition) is 0. The van der Waals surface area contributed by atoms with Gasteiger partial charge in [-0.05, 0) is 18.6 Å². The van der Waals surface area contributed by atoms with E-state index < -0.39 is 10.9 Å². The molecule has 1 aromatic carbocycles. The van der Waals surface area contributed by atoms with Gasteiger partial charge >= 0.3 is 11.7 Å². The van der Waals surface area contributed by atoms with Crippen molar-refractivity contribution >= 4 is 22.6 Å². The monoisotopic (exact) mass is 260 g/mol. The lowest BCUT2D eigenvalue weighted by atomic mass is 10.1. The molecule has 0 aliphatic rings. The fraction of sp³-hybridized carbons (Fsp3) is 0.231. The second kappa shape index (κ2) is 5.01. The minimum Gasteiger partial charge on any atom is -0.417 e. The Morgan fingerprint density at radius 1 is 1.53 bits per heavy atom. The molecular weight excluding hydrogens is 248 g/mol. The van der Waals surface area contributed by atoms with Crippen LogP contribution in [0, 0.1) is 17.0 Å².